The molecule has 1 atom stereocenters. The zero-order chi connectivity index (χ0) is 18.0. The van der Waals surface area contributed by atoms with E-state index in [9.17, 15) is 18.4 Å². The Labute approximate surface area is 144 Å². The number of hydrogen-bond acceptors (Lipinski definition) is 2. The second-order valence-electron chi connectivity index (χ2n) is 6.24. The van der Waals surface area contributed by atoms with E-state index < -0.39 is 34.6 Å². The molecular formula is C19H18F2N2O2. The molecule has 1 fully saturated rings. The van der Waals surface area contributed by atoms with Gasteiger partial charge in [-0.1, -0.05) is 36.4 Å². The van der Waals surface area contributed by atoms with Gasteiger partial charge >= 0.3 is 0 Å². The van der Waals surface area contributed by atoms with Gasteiger partial charge in [0.05, 0.1) is 6.04 Å². The highest BCUT2D eigenvalue weighted by Gasteiger charge is 2.57. The van der Waals surface area contributed by atoms with Crippen molar-refractivity contribution in [2.24, 2.45) is 5.41 Å². The second-order valence-corrected chi connectivity index (χ2v) is 6.24. The van der Waals surface area contributed by atoms with Crippen molar-refractivity contribution in [3.8, 4) is 0 Å². The molecule has 130 valence electrons. The number of carbonyl (C=O) groups excluding carboxylic acids is 2. The highest BCUT2D eigenvalue weighted by Crippen LogP contribution is 2.47. The van der Waals surface area contributed by atoms with Crippen LogP contribution in [0, 0.1) is 17.0 Å². The van der Waals surface area contributed by atoms with Gasteiger partial charge in [0.15, 0.2) is 0 Å². The Bertz CT molecular complexity index is 784. The number of hydrogen-bond donors (Lipinski definition) is 2. The van der Waals surface area contributed by atoms with Gasteiger partial charge in [0, 0.05) is 0 Å². The lowest BCUT2D eigenvalue weighted by molar-refractivity contribution is -0.134. The maximum absolute atomic E-state index is 13.7. The summed E-state index contributed by atoms with van der Waals surface area (Å²) in [6.07, 6.45) is 0.699. The predicted octanol–water partition coefficient (Wildman–Crippen LogP) is 3.56. The van der Waals surface area contributed by atoms with E-state index in [4.69, 9.17) is 0 Å². The number of para-hydroxylation sites is 1. The molecule has 0 aromatic heterocycles. The standard InChI is InChI=1S/C19H18F2N2O2/c1-12(13-6-3-2-4-7-13)22-17(24)19(10-11-19)18(25)23-16-14(20)8-5-9-15(16)21/h2-9,12H,10-11H2,1H3,(H,22,24)(H,23,25). The van der Waals surface area contributed by atoms with Crippen LogP contribution in [0.3, 0.4) is 0 Å². The summed E-state index contributed by atoms with van der Waals surface area (Å²) in [4.78, 5) is 25.0. The molecule has 0 radical (unpaired) electrons. The molecule has 0 spiro atoms. The maximum atomic E-state index is 13.7. The van der Waals surface area contributed by atoms with Crippen molar-refractivity contribution in [1.82, 2.24) is 5.32 Å². The molecule has 0 bridgehead atoms. The van der Waals surface area contributed by atoms with Crippen LogP contribution in [0.4, 0.5) is 14.5 Å². The summed E-state index contributed by atoms with van der Waals surface area (Å²) in [5.74, 6) is -2.86. The Balaban J connectivity index is 1.71. The monoisotopic (exact) mass is 344 g/mol. The minimum Gasteiger partial charge on any atom is -0.349 e. The van der Waals surface area contributed by atoms with Crippen molar-refractivity contribution in [2.75, 3.05) is 5.32 Å². The van der Waals surface area contributed by atoms with Crippen LogP contribution in [-0.2, 0) is 9.59 Å². The van der Waals surface area contributed by atoms with Crippen LogP contribution >= 0.6 is 0 Å². The van der Waals surface area contributed by atoms with Crippen LogP contribution in [0.15, 0.2) is 48.5 Å². The number of rotatable bonds is 5. The maximum Gasteiger partial charge on any atom is 0.240 e. The normalized spacial score (nSPS) is 16.0. The van der Waals surface area contributed by atoms with Gasteiger partial charge in [-0.25, -0.2) is 8.78 Å². The Morgan fingerprint density at radius 3 is 2.12 bits per heavy atom. The summed E-state index contributed by atoms with van der Waals surface area (Å²) in [5, 5.41) is 5.03. The molecule has 6 heteroatoms. The van der Waals surface area contributed by atoms with Gasteiger partial charge in [-0.2, -0.15) is 0 Å². The van der Waals surface area contributed by atoms with Crippen LogP contribution in [0.1, 0.15) is 31.4 Å². The van der Waals surface area contributed by atoms with Crippen molar-refractivity contribution in [3.63, 3.8) is 0 Å². The van der Waals surface area contributed by atoms with E-state index >= 15 is 0 Å². The van der Waals surface area contributed by atoms with Crippen molar-refractivity contribution in [2.45, 2.75) is 25.8 Å². The minimum atomic E-state index is -1.27. The molecule has 1 unspecified atom stereocenters. The first-order valence-corrected chi connectivity index (χ1v) is 8.05. The van der Waals surface area contributed by atoms with Gasteiger partial charge < -0.3 is 10.6 Å². The van der Waals surface area contributed by atoms with Gasteiger partial charge in [0.25, 0.3) is 0 Å². The molecule has 1 aliphatic carbocycles. The summed E-state index contributed by atoms with van der Waals surface area (Å²) < 4.78 is 27.4. The van der Waals surface area contributed by atoms with E-state index in [2.05, 4.69) is 10.6 Å². The minimum absolute atomic E-state index is 0.274. The molecule has 2 N–H and O–H groups in total. The first-order chi connectivity index (χ1) is 11.9. The first-order valence-electron chi connectivity index (χ1n) is 8.05. The van der Waals surface area contributed by atoms with Crippen molar-refractivity contribution < 1.29 is 18.4 Å². The fourth-order valence-electron chi connectivity index (χ4n) is 2.69. The van der Waals surface area contributed by atoms with E-state index in [1.54, 1.807) is 0 Å². The molecule has 0 aliphatic heterocycles. The topological polar surface area (TPSA) is 58.2 Å². The van der Waals surface area contributed by atoms with Crippen LogP contribution in [0.25, 0.3) is 0 Å². The number of nitrogens with one attached hydrogen (secondary N) is 2. The number of halogens is 2. The van der Waals surface area contributed by atoms with E-state index in [0.29, 0.717) is 12.8 Å². The first kappa shape index (κ1) is 17.1. The number of anilines is 1. The summed E-state index contributed by atoms with van der Waals surface area (Å²) in [7, 11) is 0. The van der Waals surface area contributed by atoms with Crippen LogP contribution < -0.4 is 10.6 Å². The molecule has 25 heavy (non-hydrogen) atoms. The third-order valence-corrected chi connectivity index (χ3v) is 4.47. The lowest BCUT2D eigenvalue weighted by Crippen LogP contribution is -2.41. The zero-order valence-electron chi connectivity index (χ0n) is 13.7. The molecular weight excluding hydrogens is 326 g/mol. The van der Waals surface area contributed by atoms with Crippen LogP contribution in [0.2, 0.25) is 0 Å². The van der Waals surface area contributed by atoms with Gasteiger partial charge in [0.1, 0.15) is 22.7 Å². The average Bonchev–Trinajstić information content (AvgIpc) is 3.41. The number of carbonyl (C=O) groups is 2. The third kappa shape index (κ3) is 3.38. The van der Waals surface area contributed by atoms with Crippen molar-refractivity contribution in [3.05, 3.63) is 65.7 Å². The number of amides is 2. The Hall–Kier alpha value is -2.76. The van der Waals surface area contributed by atoms with Gasteiger partial charge in [-0.05, 0) is 37.5 Å². The Kier molecular flexibility index (Phi) is 4.53. The fourth-order valence-corrected chi connectivity index (χ4v) is 2.69. The quantitative estimate of drug-likeness (QED) is 0.815. The van der Waals surface area contributed by atoms with Crippen LogP contribution in [-0.4, -0.2) is 11.8 Å². The molecule has 4 nitrogen and oxygen atoms in total. The highest BCUT2D eigenvalue weighted by molar-refractivity contribution is 6.13. The SMILES string of the molecule is CC(NC(=O)C1(C(=O)Nc2c(F)cccc2F)CC1)c1ccccc1. The van der Waals surface area contributed by atoms with Gasteiger partial charge in [0.2, 0.25) is 11.8 Å². The zero-order valence-corrected chi connectivity index (χ0v) is 13.7. The third-order valence-electron chi connectivity index (χ3n) is 4.47. The summed E-state index contributed by atoms with van der Waals surface area (Å²) >= 11 is 0. The number of benzene rings is 2. The van der Waals surface area contributed by atoms with E-state index in [0.717, 1.165) is 17.7 Å². The van der Waals surface area contributed by atoms with E-state index in [1.807, 2.05) is 37.3 Å². The average molecular weight is 344 g/mol. The molecule has 2 aromatic rings. The Morgan fingerprint density at radius 1 is 0.960 bits per heavy atom. The summed E-state index contributed by atoms with van der Waals surface area (Å²) in [5.41, 5.74) is -0.882. The van der Waals surface area contributed by atoms with Gasteiger partial charge in [-0.15, -0.1) is 0 Å². The molecule has 1 aliphatic rings. The van der Waals surface area contributed by atoms with Crippen molar-refractivity contribution >= 4 is 17.5 Å². The molecule has 2 aromatic carbocycles. The lowest BCUT2D eigenvalue weighted by atomic mass is 10.0. The summed E-state index contributed by atoms with van der Waals surface area (Å²) in [6.45, 7) is 1.82. The van der Waals surface area contributed by atoms with Crippen molar-refractivity contribution in [1.29, 1.82) is 0 Å². The molecule has 1 saturated carbocycles. The van der Waals surface area contributed by atoms with E-state index in [1.165, 1.54) is 6.07 Å². The molecule has 2 amide bonds. The fraction of sp³-hybridized carbons (Fsp3) is 0.263. The smallest absolute Gasteiger partial charge is 0.240 e. The van der Waals surface area contributed by atoms with E-state index in [-0.39, 0.29) is 6.04 Å². The second kappa shape index (κ2) is 6.63. The molecule has 0 saturated heterocycles. The summed E-state index contributed by atoms with van der Waals surface area (Å²) in [6, 6.07) is 12.4. The Morgan fingerprint density at radius 2 is 1.56 bits per heavy atom. The molecule has 0 heterocycles. The highest BCUT2D eigenvalue weighted by atomic mass is 19.1. The van der Waals surface area contributed by atoms with Gasteiger partial charge in [-0.3, -0.25) is 9.59 Å². The molecule has 3 rings (SSSR count). The lowest BCUT2D eigenvalue weighted by Gasteiger charge is -2.20. The largest absolute Gasteiger partial charge is 0.349 e. The van der Waals surface area contributed by atoms with Crippen LogP contribution in [0.5, 0.6) is 0 Å². The predicted molar refractivity (Wildman–Crippen MR) is 89.7 cm³/mol.